The summed E-state index contributed by atoms with van der Waals surface area (Å²) in [7, 11) is 0. The maximum atomic E-state index is 4.66. The number of nitrogens with zero attached hydrogens (tertiary/aromatic N) is 2. The molecule has 2 nitrogen and oxygen atoms in total. The molecule has 0 saturated carbocycles. The Bertz CT molecular complexity index is 542. The van der Waals surface area contributed by atoms with Crippen LogP contribution in [0.5, 0.6) is 0 Å². The smallest absolute Gasteiger partial charge is 0.159 e. The number of benzene rings is 1. The van der Waals surface area contributed by atoms with Gasteiger partial charge in [0, 0.05) is 4.90 Å². The predicted molar refractivity (Wildman–Crippen MR) is 96.6 cm³/mol. The van der Waals surface area contributed by atoms with E-state index in [9.17, 15) is 0 Å². The Hall–Kier alpha value is -1.61. The van der Waals surface area contributed by atoms with Crippen LogP contribution in [0, 0.1) is 12.8 Å². The van der Waals surface area contributed by atoms with Crippen LogP contribution in [-0.4, -0.2) is 17.4 Å². The van der Waals surface area contributed by atoms with Crippen molar-refractivity contribution in [1.29, 1.82) is 0 Å². The third-order valence-electron chi connectivity index (χ3n) is 2.62. The summed E-state index contributed by atoms with van der Waals surface area (Å²) in [5.74, 6) is 0.492. The lowest BCUT2D eigenvalue weighted by Crippen LogP contribution is -2.01. The van der Waals surface area contributed by atoms with Gasteiger partial charge in [-0.3, -0.25) is 4.99 Å². The molecule has 0 heterocycles. The summed E-state index contributed by atoms with van der Waals surface area (Å²) in [6, 6.07) is 8.37. The highest BCUT2D eigenvalue weighted by Gasteiger charge is 2.03. The highest BCUT2D eigenvalue weighted by Crippen LogP contribution is 2.22. The average Bonchev–Trinajstić information content (AvgIpc) is 2.44. The molecule has 1 rings (SSSR count). The van der Waals surface area contributed by atoms with E-state index >= 15 is 0 Å². The molecular weight excluding hydrogens is 276 g/mol. The van der Waals surface area contributed by atoms with E-state index in [1.165, 1.54) is 10.5 Å². The van der Waals surface area contributed by atoms with Gasteiger partial charge in [0.25, 0.3) is 0 Å². The Morgan fingerprint density at radius 2 is 2.05 bits per heavy atom. The molecule has 21 heavy (non-hydrogen) atoms. The van der Waals surface area contributed by atoms with Crippen molar-refractivity contribution in [3.05, 3.63) is 54.6 Å². The van der Waals surface area contributed by atoms with Crippen LogP contribution in [0.4, 0.5) is 0 Å². The summed E-state index contributed by atoms with van der Waals surface area (Å²) in [5, 5.41) is 0.879. The van der Waals surface area contributed by atoms with Crippen LogP contribution in [0.15, 0.2) is 64.0 Å². The molecule has 0 saturated heterocycles. The van der Waals surface area contributed by atoms with Gasteiger partial charge in [0.2, 0.25) is 0 Å². The molecule has 0 bridgehead atoms. The fraction of sp³-hybridized carbons (Fsp3) is 0.333. The van der Waals surface area contributed by atoms with E-state index in [0.29, 0.717) is 5.92 Å². The number of hydrogen-bond acceptors (Lipinski definition) is 3. The fourth-order valence-corrected chi connectivity index (χ4v) is 2.53. The molecule has 0 spiro atoms. The van der Waals surface area contributed by atoms with Crippen LogP contribution in [0.25, 0.3) is 0 Å². The van der Waals surface area contributed by atoms with Crippen molar-refractivity contribution in [2.24, 2.45) is 15.9 Å². The Balaban J connectivity index is 2.91. The minimum absolute atomic E-state index is 0.178. The normalized spacial score (nSPS) is 14.2. The Labute approximate surface area is 132 Å². The molecule has 1 unspecified atom stereocenters. The van der Waals surface area contributed by atoms with Crippen molar-refractivity contribution >= 4 is 23.0 Å². The number of aryl methyl sites for hydroxylation is 1. The molecule has 112 valence electrons. The van der Waals surface area contributed by atoms with Gasteiger partial charge in [-0.25, -0.2) is 4.99 Å². The molecule has 0 aliphatic carbocycles. The SMILES string of the molecule is C=CC(=NC(C=CC(C)C)N=CC)Sc1cccc(C)c1. The lowest BCUT2D eigenvalue weighted by Gasteiger charge is -2.07. The van der Waals surface area contributed by atoms with Crippen LogP contribution in [-0.2, 0) is 0 Å². The predicted octanol–water partition coefficient (Wildman–Crippen LogP) is 5.30. The Morgan fingerprint density at radius 1 is 1.29 bits per heavy atom. The van der Waals surface area contributed by atoms with Crippen molar-refractivity contribution in [2.45, 2.75) is 38.8 Å². The molecule has 0 aromatic heterocycles. The van der Waals surface area contributed by atoms with Gasteiger partial charge in [-0.1, -0.05) is 56.0 Å². The summed E-state index contributed by atoms with van der Waals surface area (Å²) in [6.45, 7) is 12.1. The number of aliphatic imine (C=N–C) groups is 2. The summed E-state index contributed by atoms with van der Waals surface area (Å²) in [5.41, 5.74) is 1.24. The van der Waals surface area contributed by atoms with Gasteiger partial charge in [0.15, 0.2) is 6.17 Å². The van der Waals surface area contributed by atoms with Gasteiger partial charge < -0.3 is 0 Å². The lowest BCUT2D eigenvalue weighted by atomic mass is 10.2. The van der Waals surface area contributed by atoms with Crippen LogP contribution in [0.1, 0.15) is 26.3 Å². The third kappa shape index (κ3) is 7.09. The molecule has 3 heteroatoms. The molecular formula is C18H24N2S. The molecule has 1 aromatic rings. The number of rotatable bonds is 6. The second-order valence-corrected chi connectivity index (χ2v) is 6.13. The van der Waals surface area contributed by atoms with Crippen LogP contribution >= 0.6 is 11.8 Å². The second-order valence-electron chi connectivity index (χ2n) is 5.04. The zero-order chi connectivity index (χ0) is 15.7. The van der Waals surface area contributed by atoms with E-state index in [-0.39, 0.29) is 6.17 Å². The highest BCUT2D eigenvalue weighted by atomic mass is 32.2. The van der Waals surface area contributed by atoms with E-state index < -0.39 is 0 Å². The lowest BCUT2D eigenvalue weighted by molar-refractivity contribution is 0.804. The number of thioether (sulfide) groups is 1. The summed E-state index contributed by atoms with van der Waals surface area (Å²) >= 11 is 1.62. The first-order valence-electron chi connectivity index (χ1n) is 7.16. The van der Waals surface area contributed by atoms with Crippen LogP contribution < -0.4 is 0 Å². The van der Waals surface area contributed by atoms with Crippen molar-refractivity contribution in [3.8, 4) is 0 Å². The van der Waals surface area contributed by atoms with Gasteiger partial charge in [-0.05, 0) is 50.3 Å². The second kappa shape index (κ2) is 9.35. The quantitative estimate of drug-likeness (QED) is 0.303. The monoisotopic (exact) mass is 300 g/mol. The highest BCUT2D eigenvalue weighted by molar-refractivity contribution is 8.14. The van der Waals surface area contributed by atoms with E-state index in [2.05, 4.69) is 67.7 Å². The number of hydrogen-bond donors (Lipinski definition) is 0. The zero-order valence-electron chi connectivity index (χ0n) is 13.3. The molecule has 0 aliphatic rings. The van der Waals surface area contributed by atoms with Crippen molar-refractivity contribution < 1.29 is 0 Å². The third-order valence-corrected chi connectivity index (χ3v) is 3.59. The fourth-order valence-electron chi connectivity index (χ4n) is 1.65. The maximum Gasteiger partial charge on any atom is 0.159 e. The first-order chi connectivity index (χ1) is 10.0. The first-order valence-corrected chi connectivity index (χ1v) is 7.97. The van der Waals surface area contributed by atoms with Crippen molar-refractivity contribution in [1.82, 2.24) is 0 Å². The summed E-state index contributed by atoms with van der Waals surface area (Å²) in [4.78, 5) is 10.2. The molecule has 0 fully saturated rings. The summed E-state index contributed by atoms with van der Waals surface area (Å²) < 4.78 is 0. The molecule has 0 radical (unpaired) electrons. The summed E-state index contributed by atoms with van der Waals surface area (Å²) in [6.07, 6.45) is 7.55. The standard InChI is InChI=1S/C18H24N2S/c1-6-18(21-16-10-8-9-15(5)13-16)20-17(19-7-2)12-11-14(3)4/h6-14,17H,1H2,2-5H3. The maximum absolute atomic E-state index is 4.66. The molecule has 0 aliphatic heterocycles. The minimum atomic E-state index is -0.178. The zero-order valence-corrected chi connectivity index (χ0v) is 14.1. The Morgan fingerprint density at radius 3 is 2.62 bits per heavy atom. The topological polar surface area (TPSA) is 24.7 Å². The average molecular weight is 300 g/mol. The van der Waals surface area contributed by atoms with E-state index in [0.717, 1.165) is 5.04 Å². The van der Waals surface area contributed by atoms with Gasteiger partial charge in [0.05, 0.1) is 5.04 Å². The largest absolute Gasteiger partial charge is 0.267 e. The first kappa shape index (κ1) is 17.4. The van der Waals surface area contributed by atoms with Crippen LogP contribution in [0.2, 0.25) is 0 Å². The molecule has 0 amide bonds. The molecule has 0 N–H and O–H groups in total. The molecule has 1 aromatic carbocycles. The van der Waals surface area contributed by atoms with Crippen molar-refractivity contribution in [2.75, 3.05) is 0 Å². The minimum Gasteiger partial charge on any atom is -0.267 e. The van der Waals surface area contributed by atoms with Gasteiger partial charge >= 0.3 is 0 Å². The van der Waals surface area contributed by atoms with Crippen molar-refractivity contribution in [3.63, 3.8) is 0 Å². The van der Waals surface area contributed by atoms with Gasteiger partial charge in [-0.15, -0.1) is 0 Å². The van der Waals surface area contributed by atoms with Gasteiger partial charge in [0.1, 0.15) is 0 Å². The molecule has 1 atom stereocenters. The Kier molecular flexibility index (Phi) is 7.76. The van der Waals surface area contributed by atoms with E-state index in [1.54, 1.807) is 24.1 Å². The number of allylic oxidation sites excluding steroid dienone is 1. The van der Waals surface area contributed by atoms with E-state index in [1.807, 2.05) is 13.0 Å². The van der Waals surface area contributed by atoms with Gasteiger partial charge in [-0.2, -0.15) is 0 Å². The van der Waals surface area contributed by atoms with Crippen LogP contribution in [0.3, 0.4) is 0 Å². The van der Waals surface area contributed by atoms with E-state index in [4.69, 9.17) is 0 Å².